The van der Waals surface area contributed by atoms with Crippen LogP contribution in [-0.4, -0.2) is 44.5 Å². The van der Waals surface area contributed by atoms with Gasteiger partial charge in [0.25, 0.3) is 5.91 Å². The van der Waals surface area contributed by atoms with Crippen molar-refractivity contribution in [1.82, 2.24) is 24.8 Å². The number of aryl methyl sites for hydroxylation is 2. The molecule has 1 N–H and O–H groups in total. The first-order valence-corrected chi connectivity index (χ1v) is 9.58. The maximum atomic E-state index is 13.4. The van der Waals surface area contributed by atoms with Crippen LogP contribution in [0.2, 0.25) is 0 Å². The largest absolute Gasteiger partial charge is 0.334 e. The van der Waals surface area contributed by atoms with E-state index in [0.29, 0.717) is 18.3 Å². The van der Waals surface area contributed by atoms with Gasteiger partial charge in [0, 0.05) is 31.2 Å². The van der Waals surface area contributed by atoms with Crippen molar-refractivity contribution in [3.8, 4) is 0 Å². The lowest BCUT2D eigenvalue weighted by Crippen LogP contribution is -2.40. The molecule has 0 radical (unpaired) electrons. The fourth-order valence-corrected chi connectivity index (χ4v) is 4.33. The van der Waals surface area contributed by atoms with E-state index >= 15 is 0 Å². The number of hydrogen-bond acceptors (Lipinski definition) is 4. The highest BCUT2D eigenvalue weighted by atomic mass is 16.2. The molecule has 6 heteroatoms. The van der Waals surface area contributed by atoms with Crippen molar-refractivity contribution in [3.05, 3.63) is 47.8 Å². The first-order chi connectivity index (χ1) is 12.6. The van der Waals surface area contributed by atoms with E-state index in [1.165, 1.54) is 0 Å². The Morgan fingerprint density at radius 2 is 2.15 bits per heavy atom. The fraction of sp³-hybridized carbons (Fsp3) is 0.550. The van der Waals surface area contributed by atoms with Crippen LogP contribution in [0.3, 0.4) is 0 Å². The quantitative estimate of drug-likeness (QED) is 0.896. The third-order valence-electron chi connectivity index (χ3n) is 6.05. The SMILES string of the molecule is CCn1ccnc1CN(C(=O)c1ncccc1C)C1CC12CCNCC2. The number of nitrogens with zero attached hydrogens (tertiary/aromatic N) is 4. The van der Waals surface area contributed by atoms with Gasteiger partial charge in [0.05, 0.1) is 6.54 Å². The van der Waals surface area contributed by atoms with Gasteiger partial charge in [0.1, 0.15) is 11.5 Å². The monoisotopic (exact) mass is 353 g/mol. The molecule has 2 aromatic rings. The Labute approximate surface area is 154 Å². The van der Waals surface area contributed by atoms with Gasteiger partial charge in [0.2, 0.25) is 0 Å². The van der Waals surface area contributed by atoms with E-state index in [9.17, 15) is 4.79 Å². The number of carbonyl (C=O) groups excluding carboxylic acids is 1. The number of aromatic nitrogens is 3. The number of piperidine rings is 1. The average Bonchev–Trinajstić information content (AvgIpc) is 3.14. The minimum absolute atomic E-state index is 0.0363. The fourth-order valence-electron chi connectivity index (χ4n) is 4.33. The van der Waals surface area contributed by atoms with E-state index in [4.69, 9.17) is 0 Å². The molecule has 26 heavy (non-hydrogen) atoms. The van der Waals surface area contributed by atoms with Gasteiger partial charge < -0.3 is 14.8 Å². The van der Waals surface area contributed by atoms with Gasteiger partial charge >= 0.3 is 0 Å². The van der Waals surface area contributed by atoms with Crippen molar-refractivity contribution in [2.24, 2.45) is 5.41 Å². The summed E-state index contributed by atoms with van der Waals surface area (Å²) in [5.74, 6) is 0.986. The van der Waals surface area contributed by atoms with Crippen molar-refractivity contribution in [3.63, 3.8) is 0 Å². The first-order valence-electron chi connectivity index (χ1n) is 9.58. The van der Waals surface area contributed by atoms with Crippen LogP contribution in [0.25, 0.3) is 0 Å². The lowest BCUT2D eigenvalue weighted by molar-refractivity contribution is 0.0678. The highest BCUT2D eigenvalue weighted by Gasteiger charge is 2.58. The van der Waals surface area contributed by atoms with Crippen LogP contribution in [0.4, 0.5) is 0 Å². The molecule has 6 nitrogen and oxygen atoms in total. The molecule has 1 aliphatic carbocycles. The number of carbonyl (C=O) groups is 1. The molecule has 1 atom stereocenters. The molecule has 2 aromatic heterocycles. The minimum Gasteiger partial charge on any atom is -0.334 e. The van der Waals surface area contributed by atoms with Crippen molar-refractivity contribution in [2.75, 3.05) is 13.1 Å². The molecule has 1 spiro atoms. The Morgan fingerprint density at radius 3 is 2.88 bits per heavy atom. The zero-order valence-corrected chi connectivity index (χ0v) is 15.6. The lowest BCUT2D eigenvalue weighted by Gasteiger charge is -2.29. The van der Waals surface area contributed by atoms with Gasteiger partial charge in [-0.05, 0) is 63.2 Å². The molecule has 1 saturated carbocycles. The topological polar surface area (TPSA) is 63.1 Å². The average molecular weight is 353 g/mol. The zero-order chi connectivity index (χ0) is 18.1. The summed E-state index contributed by atoms with van der Waals surface area (Å²) in [6, 6.07) is 4.13. The molecular weight excluding hydrogens is 326 g/mol. The van der Waals surface area contributed by atoms with Gasteiger partial charge in [-0.15, -0.1) is 0 Å². The summed E-state index contributed by atoms with van der Waals surface area (Å²) < 4.78 is 2.11. The number of hydrogen-bond donors (Lipinski definition) is 1. The molecule has 0 bridgehead atoms. The van der Waals surface area contributed by atoms with Crippen molar-refractivity contribution in [1.29, 1.82) is 0 Å². The molecule has 1 aliphatic heterocycles. The van der Waals surface area contributed by atoms with Gasteiger partial charge in [-0.1, -0.05) is 6.07 Å². The molecule has 138 valence electrons. The highest BCUT2D eigenvalue weighted by Crippen LogP contribution is 2.56. The van der Waals surface area contributed by atoms with E-state index in [0.717, 1.165) is 50.3 Å². The molecule has 1 amide bonds. The van der Waals surface area contributed by atoms with E-state index in [-0.39, 0.29) is 11.3 Å². The first kappa shape index (κ1) is 17.2. The molecule has 1 unspecified atom stereocenters. The van der Waals surface area contributed by atoms with Crippen molar-refractivity contribution in [2.45, 2.75) is 52.2 Å². The van der Waals surface area contributed by atoms with Crippen molar-refractivity contribution >= 4 is 5.91 Å². The number of pyridine rings is 1. The summed E-state index contributed by atoms with van der Waals surface area (Å²) in [5, 5.41) is 3.44. The molecule has 4 rings (SSSR count). The minimum atomic E-state index is 0.0363. The van der Waals surface area contributed by atoms with Crippen molar-refractivity contribution < 1.29 is 4.79 Å². The normalized spacial score (nSPS) is 20.9. The Bertz CT molecular complexity index is 793. The van der Waals surface area contributed by atoms with Crippen LogP contribution >= 0.6 is 0 Å². The maximum absolute atomic E-state index is 13.4. The molecule has 2 aliphatic rings. The highest BCUT2D eigenvalue weighted by molar-refractivity contribution is 5.94. The number of nitrogens with one attached hydrogen (secondary N) is 1. The number of rotatable bonds is 5. The van der Waals surface area contributed by atoms with Gasteiger partial charge in [0.15, 0.2) is 0 Å². The summed E-state index contributed by atoms with van der Waals surface area (Å²) in [7, 11) is 0. The van der Waals surface area contributed by atoms with Crippen LogP contribution < -0.4 is 5.32 Å². The van der Waals surface area contributed by atoms with Crippen LogP contribution in [0.15, 0.2) is 30.7 Å². The lowest BCUT2D eigenvalue weighted by atomic mass is 9.93. The Kier molecular flexibility index (Phi) is 4.53. The third kappa shape index (κ3) is 3.03. The molecule has 3 heterocycles. The van der Waals surface area contributed by atoms with Crippen LogP contribution in [-0.2, 0) is 13.1 Å². The molecule has 1 saturated heterocycles. The predicted molar refractivity (Wildman–Crippen MR) is 99.7 cm³/mol. The maximum Gasteiger partial charge on any atom is 0.273 e. The van der Waals surface area contributed by atoms with Crippen LogP contribution in [0.1, 0.15) is 48.1 Å². The zero-order valence-electron chi connectivity index (χ0n) is 15.6. The van der Waals surface area contributed by atoms with Crippen LogP contribution in [0.5, 0.6) is 0 Å². The Hall–Kier alpha value is -2.21. The number of amides is 1. The van der Waals surface area contributed by atoms with E-state index in [1.54, 1.807) is 6.20 Å². The summed E-state index contributed by atoms with van der Waals surface area (Å²) in [6.07, 6.45) is 8.89. The van der Waals surface area contributed by atoms with Gasteiger partial charge in [-0.2, -0.15) is 0 Å². The van der Waals surface area contributed by atoms with Gasteiger partial charge in [-0.3, -0.25) is 9.78 Å². The third-order valence-corrected chi connectivity index (χ3v) is 6.05. The van der Waals surface area contributed by atoms with E-state index < -0.39 is 0 Å². The summed E-state index contributed by atoms with van der Waals surface area (Å²) >= 11 is 0. The Balaban J connectivity index is 1.64. The smallest absolute Gasteiger partial charge is 0.273 e. The van der Waals surface area contributed by atoms with E-state index in [2.05, 4.69) is 26.8 Å². The second-order valence-electron chi connectivity index (χ2n) is 7.56. The standard InChI is InChI=1S/C20H27N5O/c1-3-24-12-11-22-17(24)14-25(16-13-20(16)6-9-21-10-7-20)19(26)18-15(2)5-4-8-23-18/h4-5,8,11-12,16,21H,3,6-7,9-10,13-14H2,1-2H3. The molecule has 0 aromatic carbocycles. The van der Waals surface area contributed by atoms with Crippen LogP contribution in [0, 0.1) is 12.3 Å². The summed E-state index contributed by atoms with van der Waals surface area (Å²) in [4.78, 5) is 24.3. The Morgan fingerprint density at radius 1 is 1.35 bits per heavy atom. The summed E-state index contributed by atoms with van der Waals surface area (Å²) in [6.45, 7) is 7.56. The molecular formula is C20H27N5O. The van der Waals surface area contributed by atoms with Gasteiger partial charge in [-0.25, -0.2) is 4.98 Å². The van der Waals surface area contributed by atoms with E-state index in [1.807, 2.05) is 36.4 Å². The summed E-state index contributed by atoms with van der Waals surface area (Å²) in [5.41, 5.74) is 1.78. The molecule has 2 fully saturated rings. The predicted octanol–water partition coefficient (Wildman–Crippen LogP) is 2.39. The second kappa shape index (κ2) is 6.83. The number of imidazole rings is 1. The second-order valence-corrected chi connectivity index (χ2v) is 7.56.